The first-order valence-electron chi connectivity index (χ1n) is 8.51. The summed E-state index contributed by atoms with van der Waals surface area (Å²) in [7, 11) is 0. The molecule has 0 radical (unpaired) electrons. The van der Waals surface area contributed by atoms with Crippen LogP contribution in [0.2, 0.25) is 0 Å². The summed E-state index contributed by atoms with van der Waals surface area (Å²) in [4.78, 5) is 28.1. The molecule has 0 saturated heterocycles. The summed E-state index contributed by atoms with van der Waals surface area (Å²) in [6, 6.07) is 2.91. The predicted octanol–water partition coefficient (Wildman–Crippen LogP) is 1.59. The van der Waals surface area contributed by atoms with Gasteiger partial charge in [-0.05, 0) is 36.6 Å². The van der Waals surface area contributed by atoms with Gasteiger partial charge in [0.15, 0.2) is 6.29 Å². The fourth-order valence-electron chi connectivity index (χ4n) is 3.21. The van der Waals surface area contributed by atoms with Gasteiger partial charge in [-0.1, -0.05) is 6.08 Å². The highest BCUT2D eigenvalue weighted by Gasteiger charge is 2.26. The Balaban J connectivity index is 2.37. The quantitative estimate of drug-likeness (QED) is 0.321. The summed E-state index contributed by atoms with van der Waals surface area (Å²) in [6.07, 6.45) is 6.00. The van der Waals surface area contributed by atoms with Crippen molar-refractivity contribution in [3.63, 3.8) is 0 Å². The second-order valence-electron chi connectivity index (χ2n) is 6.24. The molecule has 3 rings (SSSR count). The highest BCUT2D eigenvalue weighted by atomic mass is 35.5. The van der Waals surface area contributed by atoms with Crippen molar-refractivity contribution in [3.05, 3.63) is 75.7 Å². The van der Waals surface area contributed by atoms with Crippen LogP contribution in [-0.4, -0.2) is 33.9 Å². The molecule has 29 heavy (non-hydrogen) atoms. The van der Waals surface area contributed by atoms with Crippen molar-refractivity contribution >= 4 is 35.5 Å². The number of carbonyl (C=O) groups excluding carboxylic acids is 1. The predicted molar refractivity (Wildman–Crippen MR) is 104 cm³/mol. The maximum atomic E-state index is 14.2. The minimum atomic E-state index is -1.36. The summed E-state index contributed by atoms with van der Waals surface area (Å²) in [5, 5.41) is 9.70. The normalized spacial score (nSPS) is 16.2. The number of hydrogen-bond acceptors (Lipinski definition) is 4. The highest BCUT2D eigenvalue weighted by molar-refractivity contribution is 6.24. The van der Waals surface area contributed by atoms with E-state index in [-0.39, 0.29) is 41.0 Å². The van der Waals surface area contributed by atoms with Gasteiger partial charge in [-0.15, -0.1) is 11.6 Å². The Kier molecular flexibility index (Phi) is 5.93. The molecule has 2 heterocycles. The highest BCUT2D eigenvalue weighted by Crippen LogP contribution is 2.19. The second kappa shape index (κ2) is 8.40. The van der Waals surface area contributed by atoms with Crippen LogP contribution in [0, 0.1) is 11.6 Å². The van der Waals surface area contributed by atoms with Crippen molar-refractivity contribution in [2.24, 2.45) is 10.7 Å². The molecule has 2 aromatic rings. The average molecular weight is 420 g/mol. The largest absolute Gasteiger partial charge is 0.477 e. The van der Waals surface area contributed by atoms with E-state index in [1.54, 1.807) is 6.08 Å². The maximum absolute atomic E-state index is 14.2. The lowest BCUT2D eigenvalue weighted by Gasteiger charge is -2.10. The number of hydrogen-bond donors (Lipinski definition) is 2. The Morgan fingerprint density at radius 2 is 2.17 bits per heavy atom. The lowest BCUT2D eigenvalue weighted by Crippen LogP contribution is -2.36. The number of nitrogens with two attached hydrogens (primary N) is 1. The van der Waals surface area contributed by atoms with E-state index in [1.807, 2.05) is 0 Å². The fraction of sp³-hybridized carbons (Fsp3) is 0.150. The molecule has 0 saturated carbocycles. The van der Waals surface area contributed by atoms with Gasteiger partial charge in [-0.3, -0.25) is 9.79 Å². The molecule has 6 nitrogen and oxygen atoms in total. The number of benzene rings is 1. The number of aromatic nitrogens is 1. The van der Waals surface area contributed by atoms with Crippen LogP contribution in [0.1, 0.15) is 21.6 Å². The number of halogens is 3. The van der Waals surface area contributed by atoms with E-state index in [4.69, 9.17) is 17.3 Å². The topological polar surface area (TPSA) is 97.7 Å². The smallest absolute Gasteiger partial charge is 0.353 e. The van der Waals surface area contributed by atoms with E-state index in [0.717, 1.165) is 18.2 Å². The van der Waals surface area contributed by atoms with Crippen LogP contribution in [-0.2, 0) is 11.3 Å². The minimum Gasteiger partial charge on any atom is -0.477 e. The number of carboxylic acids is 1. The van der Waals surface area contributed by atoms with Gasteiger partial charge in [0.1, 0.15) is 22.8 Å². The molecule has 0 spiro atoms. The molecule has 9 heteroatoms. The van der Waals surface area contributed by atoms with Crippen LogP contribution < -0.4 is 16.4 Å². The van der Waals surface area contributed by atoms with E-state index in [9.17, 15) is 23.5 Å². The van der Waals surface area contributed by atoms with E-state index in [1.165, 1.54) is 22.9 Å². The number of allylic oxidation sites excluding steroid dienone is 3. The molecule has 0 aliphatic carbocycles. The maximum Gasteiger partial charge on any atom is 0.353 e. The van der Waals surface area contributed by atoms with Crippen LogP contribution in [0.4, 0.5) is 8.78 Å². The number of rotatable bonds is 6. The third-order valence-corrected chi connectivity index (χ3v) is 4.64. The van der Waals surface area contributed by atoms with Crippen molar-refractivity contribution in [2.45, 2.75) is 11.9 Å². The van der Waals surface area contributed by atoms with Gasteiger partial charge < -0.3 is 15.4 Å². The number of alkyl halides is 1. The molecule has 1 aromatic heterocycles. The zero-order valence-electron chi connectivity index (χ0n) is 15.0. The number of aromatic carboxylic acids is 1. The molecule has 1 aromatic carbocycles. The zero-order chi connectivity index (χ0) is 21.1. The number of nitrogens with zero attached hydrogens (tertiary/aromatic N) is 2. The van der Waals surface area contributed by atoms with Crippen LogP contribution >= 0.6 is 11.6 Å². The Labute approximate surface area is 168 Å². The summed E-state index contributed by atoms with van der Waals surface area (Å²) in [6.45, 7) is -0.123. The molecule has 150 valence electrons. The van der Waals surface area contributed by atoms with Gasteiger partial charge in [-0.25, -0.2) is 13.6 Å². The zero-order valence-corrected chi connectivity index (χ0v) is 15.7. The lowest BCUT2D eigenvalue weighted by molar-refractivity contribution is -0.103. The first-order chi connectivity index (χ1) is 13.9. The Hall–Kier alpha value is -3.26. The first-order valence-corrected chi connectivity index (χ1v) is 8.95. The molecule has 0 amide bonds. The molecule has 1 aliphatic heterocycles. The summed E-state index contributed by atoms with van der Waals surface area (Å²) >= 11 is 6.16. The minimum absolute atomic E-state index is 0.0380. The fourth-order valence-corrected chi connectivity index (χ4v) is 3.40. The van der Waals surface area contributed by atoms with Gasteiger partial charge in [0.25, 0.3) is 0 Å². The SMILES string of the molecule is N/C=C\C=C(/C=O)c1c(C(=O)O)n(Cc2cc(F)ccc2F)c2c1=CC(Cl)CN=2. The third kappa shape index (κ3) is 3.97. The monoisotopic (exact) mass is 419 g/mol. The van der Waals surface area contributed by atoms with Crippen molar-refractivity contribution in [2.75, 3.05) is 6.54 Å². The molecular weight excluding hydrogens is 404 g/mol. The molecular formula is C20H16ClF2N3O3. The Bertz CT molecular complexity index is 1170. The molecule has 0 fully saturated rings. The van der Waals surface area contributed by atoms with Gasteiger partial charge in [0.05, 0.1) is 18.5 Å². The van der Waals surface area contributed by atoms with Crippen molar-refractivity contribution < 1.29 is 23.5 Å². The molecule has 1 unspecified atom stereocenters. The molecule has 1 aliphatic rings. The molecule has 3 N–H and O–H groups in total. The van der Waals surface area contributed by atoms with Crippen LogP contribution in [0.25, 0.3) is 11.6 Å². The summed E-state index contributed by atoms with van der Waals surface area (Å²) in [5.41, 5.74) is 5.33. The molecule has 1 atom stereocenters. The van der Waals surface area contributed by atoms with E-state index in [2.05, 4.69) is 4.99 Å². The van der Waals surface area contributed by atoms with Gasteiger partial charge in [-0.2, -0.15) is 0 Å². The number of aldehydes is 1. The van der Waals surface area contributed by atoms with E-state index >= 15 is 0 Å². The average Bonchev–Trinajstić information content (AvgIpc) is 2.99. The summed E-state index contributed by atoms with van der Waals surface area (Å²) < 4.78 is 29.1. The van der Waals surface area contributed by atoms with Crippen LogP contribution in [0.5, 0.6) is 0 Å². The summed E-state index contributed by atoms with van der Waals surface area (Å²) in [5.74, 6) is -2.71. The van der Waals surface area contributed by atoms with E-state index < -0.39 is 23.0 Å². The van der Waals surface area contributed by atoms with Crippen molar-refractivity contribution in [1.82, 2.24) is 4.57 Å². The van der Waals surface area contributed by atoms with Crippen molar-refractivity contribution in [1.29, 1.82) is 0 Å². The van der Waals surface area contributed by atoms with Gasteiger partial charge >= 0.3 is 5.97 Å². The first kappa shape index (κ1) is 20.5. The van der Waals surface area contributed by atoms with Crippen LogP contribution in [0.15, 0.2) is 41.5 Å². The van der Waals surface area contributed by atoms with Crippen molar-refractivity contribution in [3.8, 4) is 0 Å². The Morgan fingerprint density at radius 1 is 1.41 bits per heavy atom. The standard InChI is InChI=1S/C20H16ClF2N3O3/c21-13-7-15-17(11(10-27)2-1-5-24)18(20(28)29)26(19(15)25-8-13)9-12-6-14(22)3-4-16(12)23/h1-7,10,13H,8-9,24H2,(H,28,29)/b5-1-,11-2+. The molecule has 0 bridgehead atoms. The van der Waals surface area contributed by atoms with Gasteiger partial charge in [0.2, 0.25) is 0 Å². The number of carboxylic acid groups (broad SMARTS) is 1. The number of carbonyl (C=O) groups is 2. The van der Waals surface area contributed by atoms with Crippen LogP contribution in [0.3, 0.4) is 0 Å². The van der Waals surface area contributed by atoms with Gasteiger partial charge in [0, 0.05) is 21.9 Å². The third-order valence-electron chi connectivity index (χ3n) is 4.38. The number of fused-ring (bicyclic) bond motifs is 1. The Morgan fingerprint density at radius 3 is 2.83 bits per heavy atom. The van der Waals surface area contributed by atoms with E-state index in [0.29, 0.717) is 11.5 Å². The lowest BCUT2D eigenvalue weighted by atomic mass is 10.0. The second-order valence-corrected chi connectivity index (χ2v) is 6.80.